The summed E-state index contributed by atoms with van der Waals surface area (Å²) in [5, 5.41) is 3.33. The van der Waals surface area contributed by atoms with Crippen LogP contribution in [0.25, 0.3) is 0 Å². The van der Waals surface area contributed by atoms with E-state index in [1.165, 1.54) is 19.3 Å². The third kappa shape index (κ3) is 3.25. The Morgan fingerprint density at radius 1 is 1.22 bits per heavy atom. The van der Waals surface area contributed by atoms with E-state index in [9.17, 15) is 4.79 Å². The van der Waals surface area contributed by atoms with Crippen LogP contribution in [-0.4, -0.2) is 17.5 Å². The van der Waals surface area contributed by atoms with Gasteiger partial charge in [0.25, 0.3) is 0 Å². The van der Waals surface area contributed by atoms with E-state index < -0.39 is 0 Å². The summed E-state index contributed by atoms with van der Waals surface area (Å²) in [6.07, 6.45) is 9.06. The first-order chi connectivity index (χ1) is 8.50. The molecule has 0 spiro atoms. The van der Waals surface area contributed by atoms with Gasteiger partial charge in [0, 0.05) is 17.5 Å². The summed E-state index contributed by atoms with van der Waals surface area (Å²) in [5.74, 6) is 0.892. The Morgan fingerprint density at radius 2 is 1.89 bits per heavy atom. The largest absolute Gasteiger partial charge is 0.351 e. The van der Waals surface area contributed by atoms with Crippen LogP contribution in [0.5, 0.6) is 0 Å². The van der Waals surface area contributed by atoms with Crippen LogP contribution in [0.1, 0.15) is 65.2 Å². The van der Waals surface area contributed by atoms with Crippen molar-refractivity contribution in [1.29, 1.82) is 0 Å². The van der Waals surface area contributed by atoms with Gasteiger partial charge >= 0.3 is 0 Å². The molecule has 0 radical (unpaired) electrons. The molecule has 2 saturated carbocycles. The van der Waals surface area contributed by atoms with E-state index in [1.54, 1.807) is 0 Å². The summed E-state index contributed by atoms with van der Waals surface area (Å²) >= 11 is 0. The van der Waals surface area contributed by atoms with Crippen molar-refractivity contribution in [2.75, 3.05) is 0 Å². The van der Waals surface area contributed by atoms with Gasteiger partial charge in [0.05, 0.1) is 0 Å². The van der Waals surface area contributed by atoms with Gasteiger partial charge in [0.2, 0.25) is 5.91 Å². The van der Waals surface area contributed by atoms with Crippen molar-refractivity contribution in [3.63, 3.8) is 0 Å². The lowest BCUT2D eigenvalue weighted by Crippen LogP contribution is -2.51. The quantitative estimate of drug-likeness (QED) is 0.793. The van der Waals surface area contributed by atoms with Crippen LogP contribution in [-0.2, 0) is 4.79 Å². The molecule has 0 aliphatic heterocycles. The fourth-order valence-corrected chi connectivity index (χ4v) is 3.67. The number of nitrogens with one attached hydrogen (secondary N) is 1. The van der Waals surface area contributed by atoms with Crippen molar-refractivity contribution < 1.29 is 4.79 Å². The highest BCUT2D eigenvalue weighted by Crippen LogP contribution is 2.32. The molecule has 0 bridgehead atoms. The van der Waals surface area contributed by atoms with Crippen molar-refractivity contribution in [1.82, 2.24) is 5.32 Å². The first-order valence-corrected chi connectivity index (χ1v) is 7.58. The van der Waals surface area contributed by atoms with Gasteiger partial charge in [-0.2, -0.15) is 0 Å². The maximum atomic E-state index is 12.4. The molecule has 0 aromatic carbocycles. The summed E-state index contributed by atoms with van der Waals surface area (Å²) in [4.78, 5) is 12.4. The summed E-state index contributed by atoms with van der Waals surface area (Å²) < 4.78 is 0. The van der Waals surface area contributed by atoms with E-state index in [4.69, 9.17) is 5.73 Å². The third-order valence-corrected chi connectivity index (χ3v) is 4.93. The molecular formula is C15H28N2O. The van der Waals surface area contributed by atoms with Gasteiger partial charge in [0.1, 0.15) is 0 Å². The van der Waals surface area contributed by atoms with Gasteiger partial charge in [-0.15, -0.1) is 0 Å². The second-order valence-electron chi connectivity index (χ2n) is 6.77. The second-order valence-corrected chi connectivity index (χ2v) is 6.77. The number of carbonyl (C=O) groups is 1. The van der Waals surface area contributed by atoms with Crippen molar-refractivity contribution >= 4 is 5.91 Å². The van der Waals surface area contributed by atoms with E-state index >= 15 is 0 Å². The molecule has 3 N–H and O–H groups in total. The molecule has 1 amide bonds. The fourth-order valence-electron chi connectivity index (χ4n) is 3.67. The topological polar surface area (TPSA) is 55.1 Å². The minimum absolute atomic E-state index is 0.0502. The van der Waals surface area contributed by atoms with Gasteiger partial charge in [0.15, 0.2) is 0 Å². The van der Waals surface area contributed by atoms with Crippen LogP contribution >= 0.6 is 0 Å². The van der Waals surface area contributed by atoms with Gasteiger partial charge < -0.3 is 11.1 Å². The van der Waals surface area contributed by atoms with E-state index in [1.807, 2.05) is 0 Å². The SMILES string of the molecule is CC1CC(N)CCC1C(=O)NC1(C)CCCCC1. The van der Waals surface area contributed by atoms with Crippen LogP contribution < -0.4 is 11.1 Å². The Hall–Kier alpha value is -0.570. The summed E-state index contributed by atoms with van der Waals surface area (Å²) in [5.41, 5.74) is 6.02. The highest BCUT2D eigenvalue weighted by atomic mass is 16.2. The monoisotopic (exact) mass is 252 g/mol. The molecule has 0 aromatic heterocycles. The van der Waals surface area contributed by atoms with Crippen LogP contribution in [0.3, 0.4) is 0 Å². The molecule has 18 heavy (non-hydrogen) atoms. The van der Waals surface area contributed by atoms with Crippen LogP contribution in [0.2, 0.25) is 0 Å². The van der Waals surface area contributed by atoms with Crippen LogP contribution in [0, 0.1) is 11.8 Å². The van der Waals surface area contributed by atoms with E-state index in [2.05, 4.69) is 19.2 Å². The minimum atomic E-state index is 0.0502. The minimum Gasteiger partial charge on any atom is -0.351 e. The maximum Gasteiger partial charge on any atom is 0.223 e. The number of hydrogen-bond acceptors (Lipinski definition) is 2. The van der Waals surface area contributed by atoms with E-state index in [-0.39, 0.29) is 17.4 Å². The molecule has 3 atom stereocenters. The first-order valence-electron chi connectivity index (χ1n) is 7.58. The molecule has 2 fully saturated rings. The number of amides is 1. The average molecular weight is 252 g/mol. The third-order valence-electron chi connectivity index (χ3n) is 4.93. The lowest BCUT2D eigenvalue weighted by Gasteiger charge is -2.38. The van der Waals surface area contributed by atoms with Gasteiger partial charge in [-0.05, 0) is 44.9 Å². The van der Waals surface area contributed by atoms with E-state index in [0.29, 0.717) is 12.0 Å². The molecule has 0 saturated heterocycles. The molecule has 2 aliphatic carbocycles. The molecule has 104 valence electrons. The number of rotatable bonds is 2. The zero-order chi connectivity index (χ0) is 13.2. The molecule has 0 heterocycles. The number of carbonyl (C=O) groups excluding carboxylic acids is 1. The van der Waals surface area contributed by atoms with Gasteiger partial charge in [-0.3, -0.25) is 4.79 Å². The van der Waals surface area contributed by atoms with Crippen LogP contribution in [0.4, 0.5) is 0 Å². The fraction of sp³-hybridized carbons (Fsp3) is 0.933. The molecule has 3 nitrogen and oxygen atoms in total. The van der Waals surface area contributed by atoms with Crippen molar-refractivity contribution in [3.8, 4) is 0 Å². The highest BCUT2D eigenvalue weighted by Gasteiger charge is 2.35. The Morgan fingerprint density at radius 3 is 2.50 bits per heavy atom. The number of nitrogens with two attached hydrogens (primary N) is 1. The van der Waals surface area contributed by atoms with Gasteiger partial charge in [-0.1, -0.05) is 26.2 Å². The molecule has 0 aromatic rings. The summed E-state index contributed by atoms with van der Waals surface area (Å²) in [6.45, 7) is 4.38. The lowest BCUT2D eigenvalue weighted by atomic mass is 9.76. The smallest absolute Gasteiger partial charge is 0.223 e. The maximum absolute atomic E-state index is 12.4. The zero-order valence-electron chi connectivity index (χ0n) is 11.9. The Labute approximate surface area is 111 Å². The Kier molecular flexibility index (Phi) is 4.31. The normalized spacial score (nSPS) is 36.1. The second kappa shape index (κ2) is 5.60. The molecule has 2 aliphatic rings. The van der Waals surface area contributed by atoms with Crippen molar-refractivity contribution in [3.05, 3.63) is 0 Å². The van der Waals surface area contributed by atoms with Crippen molar-refractivity contribution in [2.24, 2.45) is 17.6 Å². The standard InChI is InChI=1S/C15H28N2O/c1-11-10-12(16)6-7-13(11)14(18)17-15(2)8-4-3-5-9-15/h11-13H,3-10,16H2,1-2H3,(H,17,18). The average Bonchev–Trinajstić information content (AvgIpc) is 2.28. The van der Waals surface area contributed by atoms with E-state index in [0.717, 1.165) is 32.1 Å². The first kappa shape index (κ1) is 13.9. The molecule has 3 unspecified atom stereocenters. The number of hydrogen-bond donors (Lipinski definition) is 2. The van der Waals surface area contributed by atoms with Crippen molar-refractivity contribution in [2.45, 2.75) is 76.8 Å². The Bertz CT molecular complexity index is 297. The highest BCUT2D eigenvalue weighted by molar-refractivity contribution is 5.79. The zero-order valence-corrected chi connectivity index (χ0v) is 11.9. The predicted octanol–water partition coefficient (Wildman–Crippen LogP) is 2.59. The van der Waals surface area contributed by atoms with Gasteiger partial charge in [-0.25, -0.2) is 0 Å². The summed E-state index contributed by atoms with van der Waals surface area (Å²) in [6, 6.07) is 0.300. The molecule has 3 heteroatoms. The molecular weight excluding hydrogens is 224 g/mol. The Balaban J connectivity index is 1.90. The summed E-state index contributed by atoms with van der Waals surface area (Å²) in [7, 11) is 0. The molecule has 2 rings (SSSR count). The van der Waals surface area contributed by atoms with Crippen LogP contribution in [0.15, 0.2) is 0 Å². The lowest BCUT2D eigenvalue weighted by molar-refractivity contribution is -0.129. The predicted molar refractivity (Wildman–Crippen MR) is 74.1 cm³/mol.